The molecule has 4 amide bonds. The molecule has 2 unspecified atom stereocenters. The van der Waals surface area contributed by atoms with E-state index in [0.717, 1.165) is 0 Å². The fraction of sp³-hybridized carbons (Fsp3) is 0.526. The molecular formula is C38H54N4O9. The number of carboxylic acids is 2. The van der Waals surface area contributed by atoms with Crippen LogP contribution in [0.25, 0.3) is 0 Å². The maximum atomic E-state index is 13.4. The van der Waals surface area contributed by atoms with E-state index in [9.17, 15) is 28.8 Å². The van der Waals surface area contributed by atoms with Gasteiger partial charge in [0.25, 0.3) is 0 Å². The van der Waals surface area contributed by atoms with Gasteiger partial charge in [0.05, 0.1) is 0 Å². The first-order chi connectivity index (χ1) is 23.9. The van der Waals surface area contributed by atoms with Crippen LogP contribution in [0.2, 0.25) is 0 Å². The second-order valence-corrected chi connectivity index (χ2v) is 13.8. The Balaban J connectivity index is 2.08. The molecule has 13 heteroatoms. The van der Waals surface area contributed by atoms with Gasteiger partial charge in [-0.05, 0) is 101 Å². The Morgan fingerprint density at radius 1 is 0.549 bits per heavy atom. The van der Waals surface area contributed by atoms with Gasteiger partial charge in [-0.3, -0.25) is 28.8 Å². The lowest BCUT2D eigenvalue weighted by Crippen LogP contribution is -2.53. The molecule has 0 radical (unpaired) electrons. The summed E-state index contributed by atoms with van der Waals surface area (Å²) in [6.45, 7) is 14.7. The summed E-state index contributed by atoms with van der Waals surface area (Å²) >= 11 is 0. The number of carbonyl (C=O) groups is 6. The number of hydrogen-bond acceptors (Lipinski definition) is 7. The van der Waals surface area contributed by atoms with Gasteiger partial charge < -0.3 is 35.4 Å². The molecule has 2 aromatic rings. The van der Waals surface area contributed by atoms with Gasteiger partial charge in [0.1, 0.15) is 23.6 Å². The third kappa shape index (κ3) is 13.4. The molecule has 0 aliphatic rings. The smallest absolute Gasteiger partial charge is 0.303 e. The minimum atomic E-state index is -0.973. The van der Waals surface area contributed by atoms with Gasteiger partial charge in [0, 0.05) is 49.1 Å². The highest BCUT2D eigenvalue weighted by Crippen LogP contribution is 2.26. The normalized spacial score (nSPS) is 12.4. The third-order valence-electron chi connectivity index (χ3n) is 8.13. The van der Waals surface area contributed by atoms with E-state index < -0.39 is 24.0 Å². The zero-order valence-corrected chi connectivity index (χ0v) is 31.0. The number of carboxylic acid groups (broad SMARTS) is 2. The molecule has 4 N–H and O–H groups in total. The average Bonchev–Trinajstić information content (AvgIpc) is 3.02. The lowest BCUT2D eigenvalue weighted by Gasteiger charge is -2.36. The Bertz CT molecular complexity index is 1380. The fourth-order valence-corrected chi connectivity index (χ4v) is 5.85. The molecule has 0 saturated heterocycles. The molecule has 0 aliphatic heterocycles. The molecule has 0 aromatic heterocycles. The van der Waals surface area contributed by atoms with Crippen LogP contribution in [0.5, 0.6) is 11.5 Å². The number of aliphatic carboxylic acids is 2. The Morgan fingerprint density at radius 2 is 0.863 bits per heavy atom. The monoisotopic (exact) mass is 710 g/mol. The van der Waals surface area contributed by atoms with Crippen LogP contribution < -0.4 is 15.4 Å². The molecule has 2 atom stereocenters. The highest BCUT2D eigenvalue weighted by molar-refractivity contribution is 5.98. The Hall–Kier alpha value is -4.94. The zero-order valence-electron chi connectivity index (χ0n) is 31.0. The van der Waals surface area contributed by atoms with Crippen LogP contribution >= 0.6 is 0 Å². The molecule has 51 heavy (non-hydrogen) atoms. The van der Waals surface area contributed by atoms with Crippen LogP contribution in [0.4, 0.5) is 11.4 Å². The number of benzene rings is 2. The van der Waals surface area contributed by atoms with Gasteiger partial charge >= 0.3 is 11.9 Å². The van der Waals surface area contributed by atoms with Crippen molar-refractivity contribution in [3.8, 4) is 11.5 Å². The van der Waals surface area contributed by atoms with E-state index >= 15 is 0 Å². The van der Waals surface area contributed by atoms with Crippen molar-refractivity contribution in [1.82, 2.24) is 9.80 Å². The van der Waals surface area contributed by atoms with Crippen molar-refractivity contribution >= 4 is 46.9 Å². The van der Waals surface area contributed by atoms with E-state index in [1.54, 1.807) is 48.5 Å². The van der Waals surface area contributed by atoms with E-state index in [2.05, 4.69) is 10.6 Å². The van der Waals surface area contributed by atoms with E-state index in [4.69, 9.17) is 14.9 Å². The van der Waals surface area contributed by atoms with Gasteiger partial charge in [-0.2, -0.15) is 0 Å². The predicted molar refractivity (Wildman–Crippen MR) is 194 cm³/mol. The minimum Gasteiger partial charge on any atom is -0.481 e. The number of rotatable bonds is 20. The first kappa shape index (κ1) is 42.2. The SMILES string of the molecule is CC(C)C(C(=O)Nc1ccc(Oc2ccc(NC(=O)C(C(C)C)N(C(=O)CCCC(=O)O)C(C)C)cc2)cc1)N(C(=O)CCCC(=O)O)C(C)C. The molecule has 0 spiro atoms. The summed E-state index contributed by atoms with van der Waals surface area (Å²) in [6.07, 6.45) is 0.218. The predicted octanol–water partition coefficient (Wildman–Crippen LogP) is 6.39. The van der Waals surface area contributed by atoms with E-state index in [-0.39, 0.29) is 86.1 Å². The lowest BCUT2D eigenvalue weighted by atomic mass is 9.98. The summed E-state index contributed by atoms with van der Waals surface area (Å²) < 4.78 is 5.97. The molecule has 2 rings (SSSR count). The third-order valence-corrected chi connectivity index (χ3v) is 8.13. The van der Waals surface area contributed by atoms with Crippen LogP contribution in [-0.4, -0.2) is 79.7 Å². The van der Waals surface area contributed by atoms with Crippen LogP contribution in [0.15, 0.2) is 48.5 Å². The summed E-state index contributed by atoms with van der Waals surface area (Å²) in [5.74, 6) is -2.60. The van der Waals surface area contributed by atoms with Crippen LogP contribution in [-0.2, 0) is 28.8 Å². The topological polar surface area (TPSA) is 183 Å². The number of anilines is 2. The van der Waals surface area contributed by atoms with Crippen molar-refractivity contribution in [2.75, 3.05) is 10.6 Å². The molecule has 0 saturated carbocycles. The molecule has 0 bridgehead atoms. The molecule has 0 aliphatic carbocycles. The summed E-state index contributed by atoms with van der Waals surface area (Å²) in [5, 5.41) is 23.6. The second kappa shape index (κ2) is 20.0. The maximum absolute atomic E-state index is 13.4. The highest BCUT2D eigenvalue weighted by Gasteiger charge is 2.35. The maximum Gasteiger partial charge on any atom is 0.303 e. The van der Waals surface area contributed by atoms with Crippen LogP contribution in [0.1, 0.15) is 93.9 Å². The van der Waals surface area contributed by atoms with Gasteiger partial charge in [-0.1, -0.05) is 27.7 Å². The summed E-state index contributed by atoms with van der Waals surface area (Å²) in [6, 6.07) is 11.4. The van der Waals surface area contributed by atoms with Crippen molar-refractivity contribution in [2.45, 2.75) is 118 Å². The molecule has 13 nitrogen and oxygen atoms in total. The van der Waals surface area contributed by atoms with Crippen LogP contribution in [0.3, 0.4) is 0 Å². The van der Waals surface area contributed by atoms with Crippen molar-refractivity contribution in [2.24, 2.45) is 11.8 Å². The lowest BCUT2D eigenvalue weighted by molar-refractivity contribution is -0.143. The van der Waals surface area contributed by atoms with Crippen LogP contribution in [0, 0.1) is 11.8 Å². The van der Waals surface area contributed by atoms with Crippen molar-refractivity contribution in [3.05, 3.63) is 48.5 Å². The summed E-state index contributed by atoms with van der Waals surface area (Å²) in [7, 11) is 0. The first-order valence-electron chi connectivity index (χ1n) is 17.5. The number of hydrogen-bond donors (Lipinski definition) is 4. The Labute approximate surface area is 300 Å². The average molecular weight is 711 g/mol. The number of carbonyl (C=O) groups excluding carboxylic acids is 4. The molecule has 0 heterocycles. The largest absolute Gasteiger partial charge is 0.481 e. The van der Waals surface area contributed by atoms with E-state index in [1.165, 1.54) is 9.80 Å². The first-order valence-corrected chi connectivity index (χ1v) is 17.5. The molecular weight excluding hydrogens is 656 g/mol. The van der Waals surface area contributed by atoms with Gasteiger partial charge in [-0.25, -0.2) is 0 Å². The number of ether oxygens (including phenoxy) is 1. The van der Waals surface area contributed by atoms with Crippen molar-refractivity contribution in [3.63, 3.8) is 0 Å². The Kier molecular flexibility index (Phi) is 16.6. The van der Waals surface area contributed by atoms with Gasteiger partial charge in [0.2, 0.25) is 23.6 Å². The molecule has 280 valence electrons. The van der Waals surface area contributed by atoms with Crippen molar-refractivity contribution < 1.29 is 43.7 Å². The number of nitrogens with one attached hydrogen (secondary N) is 2. The minimum absolute atomic E-state index is 0.0359. The van der Waals surface area contributed by atoms with Crippen molar-refractivity contribution in [1.29, 1.82) is 0 Å². The standard InChI is InChI=1S/C38H54N4O9/c1-23(2)35(41(25(5)6)31(43)11-9-13-33(45)46)37(49)39-27-15-19-29(20-16-27)51-30-21-17-28(18-22-30)40-38(50)36(24(3)4)42(26(7)8)32(44)12-10-14-34(47)48/h15-26,35-36H,9-14H2,1-8H3,(H,39,49)(H,40,50)(H,45,46)(H,47,48). The van der Waals surface area contributed by atoms with E-state index in [0.29, 0.717) is 22.9 Å². The molecule has 0 fully saturated rings. The second-order valence-electron chi connectivity index (χ2n) is 13.8. The molecule has 2 aromatic carbocycles. The number of amides is 4. The fourth-order valence-electron chi connectivity index (χ4n) is 5.85. The zero-order chi connectivity index (χ0) is 38.4. The summed E-state index contributed by atoms with van der Waals surface area (Å²) in [5.41, 5.74) is 1.02. The summed E-state index contributed by atoms with van der Waals surface area (Å²) in [4.78, 5) is 77.8. The number of nitrogens with zero attached hydrogens (tertiary/aromatic N) is 2. The highest BCUT2D eigenvalue weighted by atomic mass is 16.5. The quantitative estimate of drug-likeness (QED) is 0.121. The van der Waals surface area contributed by atoms with Gasteiger partial charge in [0.15, 0.2) is 0 Å². The Morgan fingerprint density at radius 3 is 1.12 bits per heavy atom. The van der Waals surface area contributed by atoms with Gasteiger partial charge in [-0.15, -0.1) is 0 Å². The van der Waals surface area contributed by atoms with E-state index in [1.807, 2.05) is 55.4 Å².